The number of hydrogen-bond donors (Lipinski definition) is 4. The number of halogens is 1. The van der Waals surface area contributed by atoms with Crippen LogP contribution in [0.5, 0.6) is 5.75 Å². The molecular weight excluding hydrogens is 538 g/mol. The normalized spacial score (nSPS) is 17.3. The minimum absolute atomic E-state index is 0.0299. The zero-order valence-corrected chi connectivity index (χ0v) is 22.9. The van der Waals surface area contributed by atoms with Crippen LogP contribution in [0, 0.1) is 12.8 Å². The Morgan fingerprint density at radius 2 is 1.79 bits per heavy atom. The van der Waals surface area contributed by atoms with Gasteiger partial charge in [0.05, 0.1) is 11.8 Å². The molecule has 0 aromatic heterocycles. The topological polar surface area (TPSA) is 133 Å². The summed E-state index contributed by atoms with van der Waals surface area (Å²) in [5.41, 5.74) is 5.58. The second-order valence-corrected chi connectivity index (χ2v) is 10.9. The highest BCUT2D eigenvalue weighted by Crippen LogP contribution is 2.31. The third-order valence-electron chi connectivity index (χ3n) is 6.90. The summed E-state index contributed by atoms with van der Waals surface area (Å²) in [6.07, 6.45) is -0.0299. The van der Waals surface area contributed by atoms with E-state index in [0.717, 1.165) is 5.56 Å². The molecule has 1 unspecified atom stereocenters. The molecule has 2 amide bonds. The van der Waals surface area contributed by atoms with Crippen LogP contribution in [-0.2, 0) is 22.6 Å². The van der Waals surface area contributed by atoms with Gasteiger partial charge in [0.1, 0.15) is 11.8 Å². The predicted octanol–water partition coefficient (Wildman–Crippen LogP) is 3.26. The van der Waals surface area contributed by atoms with Crippen LogP contribution in [0.3, 0.4) is 0 Å². The summed E-state index contributed by atoms with van der Waals surface area (Å²) in [6.45, 7) is 1.75. The van der Waals surface area contributed by atoms with Gasteiger partial charge in [-0.3, -0.25) is 20.1 Å². The lowest BCUT2D eigenvalue weighted by Gasteiger charge is -2.35. The Morgan fingerprint density at radius 3 is 2.51 bits per heavy atom. The van der Waals surface area contributed by atoms with Crippen molar-refractivity contribution in [2.75, 3.05) is 11.6 Å². The maximum Gasteiger partial charge on any atom is 0.271 e. The average molecular weight is 568 g/mol. The lowest BCUT2D eigenvalue weighted by molar-refractivity contribution is -0.157. The van der Waals surface area contributed by atoms with Crippen LogP contribution in [0.2, 0.25) is 5.02 Å². The van der Waals surface area contributed by atoms with Crippen LogP contribution in [0.1, 0.15) is 27.0 Å². The van der Waals surface area contributed by atoms with Crippen LogP contribution < -0.4 is 11.1 Å². The number of amides is 2. The van der Waals surface area contributed by atoms with Crippen LogP contribution in [0.4, 0.5) is 0 Å². The van der Waals surface area contributed by atoms with Crippen LogP contribution in [-0.4, -0.2) is 56.1 Å². The molecular formula is C29H30ClN3O5S. The number of rotatable bonds is 9. The van der Waals surface area contributed by atoms with Crippen LogP contribution >= 0.6 is 23.4 Å². The van der Waals surface area contributed by atoms with Crippen molar-refractivity contribution in [3.8, 4) is 5.75 Å². The molecule has 0 radical (unpaired) electrons. The van der Waals surface area contributed by atoms with Crippen molar-refractivity contribution in [1.82, 2.24) is 10.2 Å². The number of hydrogen-bond acceptors (Lipinski definition) is 7. The number of phenols is 1. The number of carbonyl (C=O) groups is 3. The van der Waals surface area contributed by atoms with Crippen LogP contribution in [0.25, 0.3) is 0 Å². The highest BCUT2D eigenvalue weighted by Gasteiger charge is 2.50. The number of benzene rings is 3. The lowest BCUT2D eigenvalue weighted by atomic mass is 9.81. The van der Waals surface area contributed by atoms with Crippen molar-refractivity contribution in [3.63, 3.8) is 0 Å². The summed E-state index contributed by atoms with van der Waals surface area (Å²) in [4.78, 5) is 41.8. The number of nitrogens with one attached hydrogen (secondary N) is 1. The molecule has 10 heteroatoms. The van der Waals surface area contributed by atoms with Gasteiger partial charge >= 0.3 is 0 Å². The number of phenolic OH excluding ortho intramolecular Hbond substituents is 1. The average Bonchev–Trinajstić information content (AvgIpc) is 3.42. The molecule has 1 heterocycles. The van der Waals surface area contributed by atoms with Crippen molar-refractivity contribution in [2.45, 2.75) is 31.7 Å². The predicted molar refractivity (Wildman–Crippen MR) is 151 cm³/mol. The summed E-state index contributed by atoms with van der Waals surface area (Å²) < 4.78 is 0. The van der Waals surface area contributed by atoms with Crippen molar-refractivity contribution in [2.24, 2.45) is 11.7 Å². The Bertz CT molecular complexity index is 1370. The van der Waals surface area contributed by atoms with Gasteiger partial charge in [0.2, 0.25) is 11.6 Å². The van der Waals surface area contributed by atoms with E-state index in [-0.39, 0.29) is 30.2 Å². The highest BCUT2D eigenvalue weighted by atomic mass is 35.5. The molecule has 1 aliphatic rings. The molecule has 5 N–H and O–H groups in total. The summed E-state index contributed by atoms with van der Waals surface area (Å²) in [5, 5.41) is 25.0. The maximum atomic E-state index is 13.8. The molecule has 204 valence electrons. The zero-order valence-electron chi connectivity index (χ0n) is 21.3. The molecule has 3 aromatic carbocycles. The Balaban J connectivity index is 1.60. The van der Waals surface area contributed by atoms with E-state index in [1.165, 1.54) is 34.9 Å². The minimum atomic E-state index is -2.63. The minimum Gasteiger partial charge on any atom is -0.508 e. The molecule has 0 saturated carbocycles. The fourth-order valence-corrected chi connectivity index (χ4v) is 5.91. The van der Waals surface area contributed by atoms with Crippen molar-refractivity contribution in [1.29, 1.82) is 0 Å². The van der Waals surface area contributed by atoms with Gasteiger partial charge in [-0.1, -0.05) is 72.3 Å². The summed E-state index contributed by atoms with van der Waals surface area (Å²) >= 11 is 7.54. The second-order valence-electron chi connectivity index (χ2n) is 9.48. The lowest BCUT2D eigenvalue weighted by Crippen LogP contribution is -2.64. The molecule has 39 heavy (non-hydrogen) atoms. The number of nitrogens with two attached hydrogens (primary N) is 1. The van der Waals surface area contributed by atoms with Gasteiger partial charge in [-0.05, 0) is 36.6 Å². The molecule has 0 aliphatic carbocycles. The van der Waals surface area contributed by atoms with Gasteiger partial charge in [-0.25, -0.2) is 0 Å². The summed E-state index contributed by atoms with van der Waals surface area (Å²) in [6, 6.07) is 19.6. The van der Waals surface area contributed by atoms with Gasteiger partial charge < -0.3 is 20.4 Å². The van der Waals surface area contributed by atoms with E-state index in [0.29, 0.717) is 21.9 Å². The van der Waals surface area contributed by atoms with Crippen molar-refractivity contribution < 1.29 is 24.6 Å². The molecule has 4 rings (SSSR count). The van der Waals surface area contributed by atoms with E-state index >= 15 is 0 Å². The van der Waals surface area contributed by atoms with Gasteiger partial charge in [-0.2, -0.15) is 0 Å². The highest BCUT2D eigenvalue weighted by molar-refractivity contribution is 7.99. The monoisotopic (exact) mass is 567 g/mol. The van der Waals surface area contributed by atoms with E-state index in [1.54, 1.807) is 55.5 Å². The number of Topliss-reactive ketones (excluding diaryl/α,β-unsaturated/α-hetero) is 1. The quantitative estimate of drug-likeness (QED) is 0.230. The number of aromatic hydroxyl groups is 1. The van der Waals surface area contributed by atoms with E-state index in [9.17, 15) is 24.6 Å². The molecule has 8 nitrogen and oxygen atoms in total. The zero-order chi connectivity index (χ0) is 28.2. The van der Waals surface area contributed by atoms with Crippen LogP contribution in [0.15, 0.2) is 72.8 Å². The Hall–Kier alpha value is -3.37. The molecule has 1 fully saturated rings. The standard InChI is InChI=1S/C29H30ClN3O5S/c1-18-21(11-7-13-25(18)34)26(35)22(14-19-8-3-2-4-9-19)29(31,38)28(37)33-17-39-16-24(33)27(36)32-15-20-10-5-6-12-23(20)30/h2-13,22,24,34,38H,14-17,31H2,1H3,(H,32,36)/t22-,24?,29+/m1/s1. The first kappa shape index (κ1) is 28.6. The SMILES string of the molecule is Cc1c(O)cccc1C(=O)[C@@H](Cc1ccccc1)[C@](N)(O)C(=O)N1CSCC1C(=O)NCc1ccccc1Cl. The third kappa shape index (κ3) is 6.28. The molecule has 3 aromatic rings. The Kier molecular flexibility index (Phi) is 8.97. The first-order valence-corrected chi connectivity index (χ1v) is 13.9. The molecule has 0 spiro atoms. The first-order valence-electron chi connectivity index (χ1n) is 12.4. The Labute approximate surface area is 236 Å². The molecule has 0 bridgehead atoms. The maximum absolute atomic E-state index is 13.8. The number of thioether (sulfide) groups is 1. The van der Waals surface area contributed by atoms with Gasteiger partial charge in [0.25, 0.3) is 5.91 Å². The third-order valence-corrected chi connectivity index (χ3v) is 8.28. The van der Waals surface area contributed by atoms with Gasteiger partial charge in [0, 0.05) is 28.4 Å². The largest absolute Gasteiger partial charge is 0.508 e. The van der Waals surface area contributed by atoms with E-state index in [2.05, 4.69) is 5.32 Å². The summed E-state index contributed by atoms with van der Waals surface area (Å²) in [5.74, 6) is -2.96. The van der Waals surface area contributed by atoms with Gasteiger partial charge in [-0.15, -0.1) is 11.8 Å². The smallest absolute Gasteiger partial charge is 0.271 e. The summed E-state index contributed by atoms with van der Waals surface area (Å²) in [7, 11) is 0. The fraction of sp³-hybridized carbons (Fsp3) is 0.276. The number of aliphatic hydroxyl groups is 1. The first-order chi connectivity index (χ1) is 18.6. The number of ketones is 1. The van der Waals surface area contributed by atoms with Gasteiger partial charge in [0.15, 0.2) is 5.78 Å². The van der Waals surface area contributed by atoms with Crippen molar-refractivity contribution >= 4 is 41.0 Å². The van der Waals surface area contributed by atoms with E-state index in [4.69, 9.17) is 17.3 Å². The molecule has 1 saturated heterocycles. The second kappa shape index (κ2) is 12.2. The fourth-order valence-electron chi connectivity index (χ4n) is 4.56. The molecule has 3 atom stereocenters. The van der Waals surface area contributed by atoms with Crippen molar-refractivity contribution in [3.05, 3.63) is 100 Å². The van der Waals surface area contributed by atoms with E-state index in [1.807, 2.05) is 6.07 Å². The Morgan fingerprint density at radius 1 is 1.10 bits per heavy atom. The van der Waals surface area contributed by atoms with E-state index < -0.39 is 35.3 Å². The number of carbonyl (C=O) groups excluding carboxylic acids is 3. The number of nitrogens with zero attached hydrogens (tertiary/aromatic N) is 1. The molecule has 1 aliphatic heterocycles.